The molecule has 6 heteroatoms. The van der Waals surface area contributed by atoms with Gasteiger partial charge >= 0.3 is 0 Å². The maximum atomic E-state index is 12.1. The third kappa shape index (κ3) is 2.38. The van der Waals surface area contributed by atoms with E-state index in [0.29, 0.717) is 24.9 Å². The first kappa shape index (κ1) is 11.6. The number of carbonyl (C=O) groups is 1. The molecular weight excluding hydrogens is 230 g/mol. The van der Waals surface area contributed by atoms with Gasteiger partial charge < -0.3 is 10.2 Å². The van der Waals surface area contributed by atoms with E-state index in [1.807, 2.05) is 4.90 Å². The zero-order chi connectivity index (χ0) is 12.4. The lowest BCUT2D eigenvalue weighted by Crippen LogP contribution is -2.47. The summed E-state index contributed by atoms with van der Waals surface area (Å²) in [7, 11) is 0. The number of rotatable bonds is 3. The molecule has 2 unspecified atom stereocenters. The first-order chi connectivity index (χ1) is 8.83. The van der Waals surface area contributed by atoms with E-state index in [9.17, 15) is 4.79 Å². The van der Waals surface area contributed by atoms with Gasteiger partial charge in [-0.25, -0.2) is 0 Å². The van der Waals surface area contributed by atoms with E-state index >= 15 is 0 Å². The molecule has 1 N–H and O–H groups in total. The Morgan fingerprint density at radius 1 is 1.44 bits per heavy atom. The molecule has 0 aliphatic carbocycles. The maximum Gasteiger partial charge on any atom is 0.224 e. The minimum Gasteiger partial charge on any atom is -0.342 e. The molecule has 1 aromatic heterocycles. The van der Waals surface area contributed by atoms with Crippen molar-refractivity contribution in [3.8, 4) is 0 Å². The number of carbonyl (C=O) groups excluding carboxylic acids is 1. The van der Waals surface area contributed by atoms with Gasteiger partial charge in [0.05, 0.1) is 12.7 Å². The van der Waals surface area contributed by atoms with Gasteiger partial charge in [0.25, 0.3) is 0 Å². The number of nitrogens with zero attached hydrogens (tertiary/aromatic N) is 4. The van der Waals surface area contributed by atoms with E-state index in [1.165, 1.54) is 6.42 Å². The standard InChI is InChI=1S/C12H19N5O/c18-12(3-7-17-8-5-14-15-17)16-6-2-11-10(9-16)1-4-13-11/h5,8,10-11,13H,1-4,6-7,9H2. The van der Waals surface area contributed by atoms with Crippen molar-refractivity contribution in [1.82, 2.24) is 25.2 Å². The van der Waals surface area contributed by atoms with Crippen LogP contribution in [-0.4, -0.2) is 51.5 Å². The molecule has 3 rings (SSSR count). The van der Waals surface area contributed by atoms with Gasteiger partial charge in [-0.15, -0.1) is 5.10 Å². The zero-order valence-corrected chi connectivity index (χ0v) is 10.5. The first-order valence-electron chi connectivity index (χ1n) is 6.68. The molecule has 2 aliphatic rings. The van der Waals surface area contributed by atoms with Crippen molar-refractivity contribution in [2.75, 3.05) is 19.6 Å². The first-order valence-corrected chi connectivity index (χ1v) is 6.68. The Kier molecular flexibility index (Phi) is 3.27. The Labute approximate surface area is 106 Å². The summed E-state index contributed by atoms with van der Waals surface area (Å²) in [5.41, 5.74) is 0. The molecule has 98 valence electrons. The van der Waals surface area contributed by atoms with Crippen LogP contribution in [0.5, 0.6) is 0 Å². The highest BCUT2D eigenvalue weighted by atomic mass is 16.2. The van der Waals surface area contributed by atoms with Crippen LogP contribution in [0.1, 0.15) is 19.3 Å². The highest BCUT2D eigenvalue weighted by molar-refractivity contribution is 5.76. The van der Waals surface area contributed by atoms with Crippen LogP contribution in [0.25, 0.3) is 0 Å². The zero-order valence-electron chi connectivity index (χ0n) is 10.5. The molecule has 2 atom stereocenters. The summed E-state index contributed by atoms with van der Waals surface area (Å²) in [6, 6.07) is 0.643. The Hall–Kier alpha value is -1.43. The molecule has 6 nitrogen and oxygen atoms in total. The fraction of sp³-hybridized carbons (Fsp3) is 0.750. The molecule has 0 bridgehead atoms. The van der Waals surface area contributed by atoms with Crippen molar-refractivity contribution < 1.29 is 4.79 Å². The Morgan fingerprint density at radius 3 is 3.22 bits per heavy atom. The SMILES string of the molecule is O=C(CCn1ccnn1)N1CCC2NCCC2C1. The molecule has 0 aromatic carbocycles. The van der Waals surface area contributed by atoms with Gasteiger partial charge in [0.1, 0.15) is 0 Å². The number of aromatic nitrogens is 3. The van der Waals surface area contributed by atoms with Gasteiger partial charge in [0.2, 0.25) is 5.91 Å². The van der Waals surface area contributed by atoms with Gasteiger partial charge in [-0.05, 0) is 25.3 Å². The molecule has 0 spiro atoms. The second-order valence-electron chi connectivity index (χ2n) is 5.15. The molecule has 2 saturated heterocycles. The number of nitrogens with one attached hydrogen (secondary N) is 1. The summed E-state index contributed by atoms with van der Waals surface area (Å²) in [5, 5.41) is 11.1. The van der Waals surface area contributed by atoms with Crippen LogP contribution in [0.15, 0.2) is 12.4 Å². The van der Waals surface area contributed by atoms with E-state index in [4.69, 9.17) is 0 Å². The number of amides is 1. The van der Waals surface area contributed by atoms with Crippen molar-refractivity contribution in [2.45, 2.75) is 31.8 Å². The predicted molar refractivity (Wildman–Crippen MR) is 65.7 cm³/mol. The average Bonchev–Trinajstić information content (AvgIpc) is 3.05. The van der Waals surface area contributed by atoms with Crippen LogP contribution in [0.4, 0.5) is 0 Å². The van der Waals surface area contributed by atoms with Gasteiger partial charge in [0.15, 0.2) is 0 Å². The molecule has 0 radical (unpaired) electrons. The van der Waals surface area contributed by atoms with Gasteiger partial charge in [-0.3, -0.25) is 9.48 Å². The summed E-state index contributed by atoms with van der Waals surface area (Å²) < 4.78 is 1.71. The third-order valence-electron chi connectivity index (χ3n) is 4.04. The fourth-order valence-electron chi connectivity index (χ4n) is 2.99. The van der Waals surface area contributed by atoms with Crippen molar-refractivity contribution in [1.29, 1.82) is 0 Å². The van der Waals surface area contributed by atoms with Crippen LogP contribution in [0.2, 0.25) is 0 Å². The van der Waals surface area contributed by atoms with Crippen molar-refractivity contribution in [2.24, 2.45) is 5.92 Å². The predicted octanol–water partition coefficient (Wildman–Crippen LogP) is -0.121. The molecule has 1 aromatic rings. The van der Waals surface area contributed by atoms with E-state index in [2.05, 4.69) is 15.6 Å². The summed E-state index contributed by atoms with van der Waals surface area (Å²) in [4.78, 5) is 14.1. The highest BCUT2D eigenvalue weighted by Crippen LogP contribution is 2.24. The van der Waals surface area contributed by atoms with Gasteiger partial charge in [-0.1, -0.05) is 5.21 Å². The van der Waals surface area contributed by atoms with Gasteiger partial charge in [-0.2, -0.15) is 0 Å². The lowest BCUT2D eigenvalue weighted by Gasteiger charge is -2.34. The number of likely N-dealkylation sites (tertiary alicyclic amines) is 1. The average molecular weight is 249 g/mol. The normalized spacial score (nSPS) is 27.2. The van der Waals surface area contributed by atoms with Crippen LogP contribution < -0.4 is 5.32 Å². The molecule has 18 heavy (non-hydrogen) atoms. The lowest BCUT2D eigenvalue weighted by atomic mass is 9.93. The van der Waals surface area contributed by atoms with E-state index in [-0.39, 0.29) is 5.91 Å². The van der Waals surface area contributed by atoms with E-state index in [0.717, 1.165) is 26.1 Å². The summed E-state index contributed by atoms with van der Waals surface area (Å²) >= 11 is 0. The third-order valence-corrected chi connectivity index (χ3v) is 4.04. The minimum atomic E-state index is 0.246. The van der Waals surface area contributed by atoms with E-state index < -0.39 is 0 Å². The second kappa shape index (κ2) is 5.06. The molecule has 0 saturated carbocycles. The van der Waals surface area contributed by atoms with Crippen molar-refractivity contribution in [3.63, 3.8) is 0 Å². The summed E-state index contributed by atoms with van der Waals surface area (Å²) in [6.45, 7) is 3.55. The molecule has 3 heterocycles. The Morgan fingerprint density at radius 2 is 2.39 bits per heavy atom. The van der Waals surface area contributed by atoms with Crippen molar-refractivity contribution >= 4 is 5.91 Å². The number of aryl methyl sites for hydroxylation is 1. The second-order valence-corrected chi connectivity index (χ2v) is 5.15. The number of hydrogen-bond acceptors (Lipinski definition) is 4. The minimum absolute atomic E-state index is 0.246. The summed E-state index contributed by atoms with van der Waals surface area (Å²) in [5.74, 6) is 0.907. The fourth-order valence-corrected chi connectivity index (χ4v) is 2.99. The van der Waals surface area contributed by atoms with Crippen LogP contribution >= 0.6 is 0 Å². The molecule has 2 aliphatic heterocycles. The Balaban J connectivity index is 1.50. The number of fused-ring (bicyclic) bond motifs is 1. The molecule has 1 amide bonds. The highest BCUT2D eigenvalue weighted by Gasteiger charge is 2.33. The lowest BCUT2D eigenvalue weighted by molar-refractivity contribution is -0.133. The maximum absolute atomic E-state index is 12.1. The Bertz CT molecular complexity index is 405. The van der Waals surface area contributed by atoms with Crippen LogP contribution in [0, 0.1) is 5.92 Å². The van der Waals surface area contributed by atoms with Crippen LogP contribution in [-0.2, 0) is 11.3 Å². The number of hydrogen-bond donors (Lipinski definition) is 1. The smallest absolute Gasteiger partial charge is 0.224 e. The van der Waals surface area contributed by atoms with E-state index in [1.54, 1.807) is 17.1 Å². The molecular formula is C12H19N5O. The largest absolute Gasteiger partial charge is 0.342 e. The molecule has 2 fully saturated rings. The van der Waals surface area contributed by atoms with Gasteiger partial charge in [0, 0.05) is 31.7 Å². The number of piperidine rings is 1. The van der Waals surface area contributed by atoms with Crippen molar-refractivity contribution in [3.05, 3.63) is 12.4 Å². The summed E-state index contributed by atoms with van der Waals surface area (Å²) in [6.07, 6.45) is 6.26. The quantitative estimate of drug-likeness (QED) is 0.811. The monoisotopic (exact) mass is 249 g/mol. The topological polar surface area (TPSA) is 63.1 Å². The van der Waals surface area contributed by atoms with Crippen LogP contribution in [0.3, 0.4) is 0 Å².